The first-order valence-electron chi connectivity index (χ1n) is 7.38. The lowest BCUT2D eigenvalue weighted by molar-refractivity contribution is -0.141. The van der Waals surface area contributed by atoms with Crippen LogP contribution in [0.3, 0.4) is 0 Å². The Morgan fingerprint density at radius 3 is 2.55 bits per heavy atom. The van der Waals surface area contributed by atoms with Crippen molar-refractivity contribution in [3.63, 3.8) is 0 Å². The summed E-state index contributed by atoms with van der Waals surface area (Å²) in [5.41, 5.74) is 1.80. The molecule has 0 heterocycles. The molecule has 22 heavy (non-hydrogen) atoms. The monoisotopic (exact) mass is 299 g/mol. The van der Waals surface area contributed by atoms with E-state index in [1.54, 1.807) is 30.4 Å². The fraction of sp³-hybridized carbons (Fsp3) is 0.333. The van der Waals surface area contributed by atoms with Crippen LogP contribution in [-0.4, -0.2) is 22.5 Å². The van der Waals surface area contributed by atoms with E-state index in [-0.39, 0.29) is 5.91 Å². The van der Waals surface area contributed by atoms with Gasteiger partial charge in [-0.05, 0) is 43.5 Å². The molecule has 0 saturated heterocycles. The highest BCUT2D eigenvalue weighted by molar-refractivity contribution is 5.95. The normalized spacial score (nSPS) is 23.3. The topological polar surface area (TPSA) is 66.4 Å². The van der Waals surface area contributed by atoms with Gasteiger partial charge in [0.15, 0.2) is 0 Å². The molecule has 0 bridgehead atoms. The minimum absolute atomic E-state index is 0.254. The second kappa shape index (κ2) is 6.18. The maximum atomic E-state index is 12.5. The Balaban J connectivity index is 2.30. The SMILES string of the molecule is CCC1(NC(=O)c2ccc(C)c(C)c2)C=CC=CC1C(=O)O. The number of carboxylic acid groups (broad SMARTS) is 1. The Labute approximate surface area is 130 Å². The molecule has 2 rings (SSSR count). The molecule has 0 spiro atoms. The molecular weight excluding hydrogens is 278 g/mol. The summed E-state index contributed by atoms with van der Waals surface area (Å²) in [6.45, 7) is 5.81. The van der Waals surface area contributed by atoms with Crippen LogP contribution in [0.25, 0.3) is 0 Å². The van der Waals surface area contributed by atoms with Crippen molar-refractivity contribution in [3.8, 4) is 0 Å². The molecule has 2 atom stereocenters. The van der Waals surface area contributed by atoms with Crippen molar-refractivity contribution in [1.82, 2.24) is 5.32 Å². The van der Waals surface area contributed by atoms with Gasteiger partial charge in [-0.25, -0.2) is 0 Å². The zero-order chi connectivity index (χ0) is 16.3. The molecule has 2 N–H and O–H groups in total. The maximum Gasteiger partial charge on any atom is 0.313 e. The number of allylic oxidation sites excluding steroid dienone is 2. The van der Waals surface area contributed by atoms with Gasteiger partial charge in [0.1, 0.15) is 5.92 Å². The molecule has 0 aliphatic heterocycles. The average Bonchev–Trinajstić information content (AvgIpc) is 2.50. The Bertz CT molecular complexity index is 660. The van der Waals surface area contributed by atoms with Gasteiger partial charge < -0.3 is 10.4 Å². The third-order valence-electron chi connectivity index (χ3n) is 4.33. The number of carbonyl (C=O) groups is 2. The van der Waals surface area contributed by atoms with Crippen molar-refractivity contribution in [2.45, 2.75) is 32.7 Å². The third-order valence-corrected chi connectivity index (χ3v) is 4.33. The van der Waals surface area contributed by atoms with E-state index >= 15 is 0 Å². The summed E-state index contributed by atoms with van der Waals surface area (Å²) < 4.78 is 0. The predicted octanol–water partition coefficient (Wildman–Crippen LogP) is 3.01. The molecule has 2 unspecified atom stereocenters. The Kier molecular flexibility index (Phi) is 4.50. The number of carbonyl (C=O) groups excluding carboxylic acids is 1. The molecule has 1 amide bonds. The number of hydrogen-bond acceptors (Lipinski definition) is 2. The molecule has 1 aromatic rings. The number of hydrogen-bond donors (Lipinski definition) is 2. The zero-order valence-electron chi connectivity index (χ0n) is 13.1. The van der Waals surface area contributed by atoms with Gasteiger partial charge in [0.25, 0.3) is 5.91 Å². The molecule has 4 heteroatoms. The van der Waals surface area contributed by atoms with E-state index in [0.717, 1.165) is 11.1 Å². The molecule has 1 aliphatic carbocycles. The highest BCUT2D eigenvalue weighted by Crippen LogP contribution is 2.29. The number of aliphatic carboxylic acids is 1. The van der Waals surface area contributed by atoms with Crippen molar-refractivity contribution in [2.24, 2.45) is 5.92 Å². The summed E-state index contributed by atoms with van der Waals surface area (Å²) >= 11 is 0. The molecule has 4 nitrogen and oxygen atoms in total. The van der Waals surface area contributed by atoms with E-state index in [1.165, 1.54) is 0 Å². The van der Waals surface area contributed by atoms with Crippen LogP contribution in [0.2, 0.25) is 0 Å². The van der Waals surface area contributed by atoms with Crippen LogP contribution < -0.4 is 5.32 Å². The predicted molar refractivity (Wildman–Crippen MR) is 85.8 cm³/mol. The van der Waals surface area contributed by atoms with E-state index in [1.807, 2.05) is 32.9 Å². The van der Waals surface area contributed by atoms with Crippen LogP contribution in [0.15, 0.2) is 42.5 Å². The van der Waals surface area contributed by atoms with Gasteiger partial charge >= 0.3 is 5.97 Å². The van der Waals surface area contributed by atoms with Gasteiger partial charge in [0, 0.05) is 5.56 Å². The van der Waals surface area contributed by atoms with Crippen LogP contribution >= 0.6 is 0 Å². The number of nitrogens with one attached hydrogen (secondary N) is 1. The zero-order valence-corrected chi connectivity index (χ0v) is 13.1. The smallest absolute Gasteiger partial charge is 0.313 e. The summed E-state index contributed by atoms with van der Waals surface area (Å²) in [5, 5.41) is 12.4. The van der Waals surface area contributed by atoms with Crippen LogP contribution in [0, 0.1) is 19.8 Å². The number of carboxylic acids is 1. The quantitative estimate of drug-likeness (QED) is 0.898. The molecule has 1 aromatic carbocycles. The van der Waals surface area contributed by atoms with Crippen LogP contribution in [0.5, 0.6) is 0 Å². The van der Waals surface area contributed by atoms with E-state index in [2.05, 4.69) is 5.32 Å². The molecule has 116 valence electrons. The first-order valence-corrected chi connectivity index (χ1v) is 7.38. The third kappa shape index (κ3) is 2.96. The summed E-state index contributed by atoms with van der Waals surface area (Å²) in [6.07, 6.45) is 7.37. The Morgan fingerprint density at radius 2 is 1.95 bits per heavy atom. The van der Waals surface area contributed by atoms with Gasteiger partial charge in [-0.1, -0.05) is 37.3 Å². The summed E-state index contributed by atoms with van der Waals surface area (Å²) in [5.74, 6) is -1.96. The first kappa shape index (κ1) is 16.0. The van der Waals surface area contributed by atoms with Crippen molar-refractivity contribution >= 4 is 11.9 Å². The van der Waals surface area contributed by atoms with E-state index in [9.17, 15) is 14.7 Å². The van der Waals surface area contributed by atoms with E-state index in [4.69, 9.17) is 0 Å². The van der Waals surface area contributed by atoms with Crippen molar-refractivity contribution in [3.05, 3.63) is 59.2 Å². The maximum absolute atomic E-state index is 12.5. The van der Waals surface area contributed by atoms with Gasteiger partial charge in [-0.15, -0.1) is 0 Å². The van der Waals surface area contributed by atoms with E-state index < -0.39 is 17.4 Å². The molecule has 0 fully saturated rings. The van der Waals surface area contributed by atoms with Crippen molar-refractivity contribution in [2.75, 3.05) is 0 Å². The Morgan fingerprint density at radius 1 is 1.23 bits per heavy atom. The second-order valence-electron chi connectivity index (χ2n) is 5.71. The molecule has 0 aromatic heterocycles. The van der Waals surface area contributed by atoms with Gasteiger partial charge in [0.05, 0.1) is 5.54 Å². The fourth-order valence-electron chi connectivity index (χ4n) is 2.69. The van der Waals surface area contributed by atoms with Gasteiger partial charge in [0.2, 0.25) is 0 Å². The van der Waals surface area contributed by atoms with Crippen LogP contribution in [0.1, 0.15) is 34.8 Å². The fourth-order valence-corrected chi connectivity index (χ4v) is 2.69. The number of aryl methyl sites for hydroxylation is 2. The number of rotatable bonds is 4. The molecular formula is C18H21NO3. The minimum atomic E-state index is -0.942. The lowest BCUT2D eigenvalue weighted by Gasteiger charge is -2.36. The van der Waals surface area contributed by atoms with E-state index in [0.29, 0.717) is 12.0 Å². The van der Waals surface area contributed by atoms with Crippen LogP contribution in [0.4, 0.5) is 0 Å². The van der Waals surface area contributed by atoms with Crippen molar-refractivity contribution in [1.29, 1.82) is 0 Å². The summed E-state index contributed by atoms with van der Waals surface area (Å²) in [6, 6.07) is 5.49. The number of amides is 1. The lowest BCUT2D eigenvalue weighted by atomic mass is 9.78. The first-order chi connectivity index (χ1) is 10.4. The summed E-state index contributed by atoms with van der Waals surface area (Å²) in [4.78, 5) is 24.1. The Hall–Kier alpha value is -2.36. The van der Waals surface area contributed by atoms with Gasteiger partial charge in [-0.2, -0.15) is 0 Å². The average molecular weight is 299 g/mol. The highest BCUT2D eigenvalue weighted by Gasteiger charge is 2.40. The lowest BCUT2D eigenvalue weighted by Crippen LogP contribution is -2.54. The van der Waals surface area contributed by atoms with Crippen molar-refractivity contribution < 1.29 is 14.7 Å². The second-order valence-corrected chi connectivity index (χ2v) is 5.71. The standard InChI is InChI=1S/C18H21NO3/c1-4-18(10-6-5-7-15(18)17(21)22)19-16(20)14-9-8-12(2)13(3)11-14/h5-11,15H,4H2,1-3H3,(H,19,20)(H,21,22). The summed E-state index contributed by atoms with van der Waals surface area (Å²) in [7, 11) is 0. The van der Waals surface area contributed by atoms with Gasteiger partial charge in [-0.3, -0.25) is 9.59 Å². The van der Waals surface area contributed by atoms with Crippen LogP contribution in [-0.2, 0) is 4.79 Å². The molecule has 0 radical (unpaired) electrons. The number of benzene rings is 1. The minimum Gasteiger partial charge on any atom is -0.481 e. The highest BCUT2D eigenvalue weighted by atomic mass is 16.4. The largest absolute Gasteiger partial charge is 0.481 e. The molecule has 1 aliphatic rings. The molecule has 0 saturated carbocycles.